The molecule has 4 rings (SSSR count). The molecule has 0 unspecified atom stereocenters. The van der Waals surface area contributed by atoms with E-state index in [-0.39, 0.29) is 17.1 Å². The van der Waals surface area contributed by atoms with Gasteiger partial charge in [0.1, 0.15) is 5.82 Å². The average Bonchev–Trinajstić information content (AvgIpc) is 3.19. The maximum Gasteiger partial charge on any atom is 0.253 e. The molecule has 0 spiro atoms. The van der Waals surface area contributed by atoms with Gasteiger partial charge in [-0.1, -0.05) is 12.5 Å². The Morgan fingerprint density at radius 1 is 1.31 bits per heavy atom. The van der Waals surface area contributed by atoms with Gasteiger partial charge >= 0.3 is 0 Å². The monoisotopic (exact) mass is 354 g/mol. The van der Waals surface area contributed by atoms with E-state index < -0.39 is 0 Å². The summed E-state index contributed by atoms with van der Waals surface area (Å²) in [6.45, 7) is 2.67. The predicted octanol–water partition coefficient (Wildman–Crippen LogP) is 3.68. The predicted molar refractivity (Wildman–Crippen MR) is 96.0 cm³/mol. The molecule has 2 heterocycles. The van der Waals surface area contributed by atoms with Crippen LogP contribution in [0.2, 0.25) is 0 Å². The second kappa shape index (κ2) is 7.16. The van der Waals surface area contributed by atoms with Gasteiger partial charge in [0.15, 0.2) is 0 Å². The molecule has 136 valence electrons. The van der Waals surface area contributed by atoms with Gasteiger partial charge < -0.3 is 9.64 Å². The quantitative estimate of drug-likeness (QED) is 0.823. The second-order valence-electron chi connectivity index (χ2n) is 7.50. The summed E-state index contributed by atoms with van der Waals surface area (Å²) in [6.07, 6.45) is 6.94. The fraction of sp³-hybridized carbons (Fsp3) is 0.429. The molecule has 1 aromatic heterocycles. The topological polar surface area (TPSA) is 42.4 Å². The highest BCUT2D eigenvalue weighted by Gasteiger charge is 2.50. The molecule has 0 bridgehead atoms. The fourth-order valence-corrected chi connectivity index (χ4v) is 4.46. The molecule has 2 atom stereocenters. The van der Waals surface area contributed by atoms with Gasteiger partial charge in [0.2, 0.25) is 0 Å². The Morgan fingerprint density at radius 2 is 2.15 bits per heavy atom. The van der Waals surface area contributed by atoms with Crippen LogP contribution in [0, 0.1) is 17.2 Å². The Balaban J connectivity index is 1.42. The van der Waals surface area contributed by atoms with E-state index in [4.69, 9.17) is 4.74 Å². The first-order chi connectivity index (χ1) is 12.7. The van der Waals surface area contributed by atoms with Crippen LogP contribution in [0.15, 0.2) is 48.8 Å². The summed E-state index contributed by atoms with van der Waals surface area (Å²) in [6, 6.07) is 9.88. The van der Waals surface area contributed by atoms with Crippen LogP contribution in [-0.4, -0.2) is 35.5 Å². The van der Waals surface area contributed by atoms with Crippen LogP contribution >= 0.6 is 0 Å². The summed E-state index contributed by atoms with van der Waals surface area (Å²) in [5.74, 6) is 0.0236. The zero-order valence-corrected chi connectivity index (χ0v) is 14.7. The minimum atomic E-state index is -0.370. The molecule has 26 heavy (non-hydrogen) atoms. The van der Waals surface area contributed by atoms with Gasteiger partial charge in [0.25, 0.3) is 5.91 Å². The van der Waals surface area contributed by atoms with E-state index in [2.05, 4.69) is 4.98 Å². The minimum absolute atomic E-state index is 0.0377. The lowest BCUT2D eigenvalue weighted by atomic mass is 9.81. The van der Waals surface area contributed by atoms with Crippen LogP contribution < -0.4 is 0 Å². The van der Waals surface area contributed by atoms with Crippen molar-refractivity contribution in [2.75, 3.05) is 19.7 Å². The second-order valence-corrected chi connectivity index (χ2v) is 7.50. The number of ether oxygens (including phenoxy) is 1. The Morgan fingerprint density at radius 3 is 2.96 bits per heavy atom. The van der Waals surface area contributed by atoms with Crippen molar-refractivity contribution in [3.8, 4) is 0 Å². The van der Waals surface area contributed by atoms with Gasteiger partial charge in [-0.25, -0.2) is 4.39 Å². The third kappa shape index (κ3) is 3.36. The Labute approximate surface area is 153 Å². The summed E-state index contributed by atoms with van der Waals surface area (Å²) >= 11 is 0. The highest BCUT2D eigenvalue weighted by atomic mass is 19.1. The van der Waals surface area contributed by atoms with Crippen molar-refractivity contribution in [2.45, 2.75) is 25.9 Å². The maximum absolute atomic E-state index is 13.5. The number of rotatable bonds is 5. The van der Waals surface area contributed by atoms with E-state index in [0.29, 0.717) is 31.2 Å². The number of benzene rings is 1. The molecular weight excluding hydrogens is 331 g/mol. The zero-order valence-electron chi connectivity index (χ0n) is 14.7. The first-order valence-corrected chi connectivity index (χ1v) is 9.18. The lowest BCUT2D eigenvalue weighted by Crippen LogP contribution is -2.34. The molecule has 1 aromatic carbocycles. The summed E-state index contributed by atoms with van der Waals surface area (Å²) in [7, 11) is 0. The van der Waals surface area contributed by atoms with Crippen molar-refractivity contribution >= 4 is 5.91 Å². The van der Waals surface area contributed by atoms with Crippen LogP contribution in [-0.2, 0) is 11.3 Å². The van der Waals surface area contributed by atoms with Gasteiger partial charge in [0, 0.05) is 36.5 Å². The van der Waals surface area contributed by atoms with Crippen molar-refractivity contribution in [3.05, 3.63) is 65.7 Å². The van der Waals surface area contributed by atoms with Gasteiger partial charge in [-0.15, -0.1) is 0 Å². The smallest absolute Gasteiger partial charge is 0.253 e. The molecule has 2 aliphatic rings. The molecule has 4 nitrogen and oxygen atoms in total. The normalized spacial score (nSPS) is 24.7. The molecule has 1 amide bonds. The number of hydrogen-bond donors (Lipinski definition) is 0. The number of fused-ring (bicyclic) bond motifs is 1. The van der Waals surface area contributed by atoms with Gasteiger partial charge in [-0.3, -0.25) is 9.78 Å². The van der Waals surface area contributed by atoms with E-state index in [1.54, 1.807) is 24.5 Å². The zero-order chi connectivity index (χ0) is 18.0. The summed E-state index contributed by atoms with van der Waals surface area (Å²) in [5, 5.41) is 0. The van der Waals surface area contributed by atoms with Gasteiger partial charge in [-0.2, -0.15) is 0 Å². The Hall–Kier alpha value is -2.27. The van der Waals surface area contributed by atoms with Crippen LogP contribution in [0.3, 0.4) is 0 Å². The number of carbonyl (C=O) groups is 1. The average molecular weight is 354 g/mol. The summed E-state index contributed by atoms with van der Waals surface area (Å²) in [5.41, 5.74) is 1.57. The van der Waals surface area contributed by atoms with E-state index in [0.717, 1.165) is 24.9 Å². The maximum atomic E-state index is 13.5. The molecule has 1 saturated heterocycles. The largest absolute Gasteiger partial charge is 0.376 e. The van der Waals surface area contributed by atoms with Crippen molar-refractivity contribution < 1.29 is 13.9 Å². The fourth-order valence-electron chi connectivity index (χ4n) is 4.46. The van der Waals surface area contributed by atoms with Crippen LogP contribution in [0.4, 0.5) is 4.39 Å². The number of aromatic nitrogens is 1. The van der Waals surface area contributed by atoms with E-state index >= 15 is 0 Å². The van der Waals surface area contributed by atoms with Crippen LogP contribution in [0.1, 0.15) is 35.2 Å². The molecule has 1 saturated carbocycles. The van der Waals surface area contributed by atoms with Crippen molar-refractivity contribution in [2.24, 2.45) is 11.3 Å². The van der Waals surface area contributed by atoms with Crippen LogP contribution in [0.25, 0.3) is 0 Å². The summed E-state index contributed by atoms with van der Waals surface area (Å²) < 4.78 is 19.5. The lowest BCUT2D eigenvalue weighted by Gasteiger charge is -2.28. The number of nitrogens with zero attached hydrogens (tertiary/aromatic N) is 2. The number of pyridine rings is 1. The number of carbonyl (C=O) groups excluding carboxylic acids is 1. The standard InChI is InChI=1S/C21H23FN2O2/c22-19-5-1-3-17(11-19)20(25)24-12-18-4-2-8-21(18,14-24)15-26-13-16-6-9-23-10-7-16/h1,3,5-7,9-11,18H,2,4,8,12-15H2/t18-,21+/m1/s1. The molecule has 1 aliphatic heterocycles. The molecule has 2 aromatic rings. The van der Waals surface area contributed by atoms with Gasteiger partial charge in [0.05, 0.1) is 13.2 Å². The Kier molecular flexibility index (Phi) is 4.72. The number of hydrogen-bond acceptors (Lipinski definition) is 3. The van der Waals surface area contributed by atoms with Crippen molar-refractivity contribution in [3.63, 3.8) is 0 Å². The number of halogens is 1. The first kappa shape index (κ1) is 17.2. The lowest BCUT2D eigenvalue weighted by molar-refractivity contribution is 0.0265. The highest BCUT2D eigenvalue weighted by Crippen LogP contribution is 2.49. The van der Waals surface area contributed by atoms with Gasteiger partial charge in [-0.05, 0) is 54.7 Å². The number of amides is 1. The minimum Gasteiger partial charge on any atom is -0.376 e. The summed E-state index contributed by atoms with van der Waals surface area (Å²) in [4.78, 5) is 18.7. The SMILES string of the molecule is O=C(c1cccc(F)c1)N1C[C@H]2CCC[C@@]2(COCc2ccncc2)C1. The molecule has 0 N–H and O–H groups in total. The number of likely N-dealkylation sites (tertiary alicyclic amines) is 1. The molecular formula is C21H23FN2O2. The van der Waals surface area contributed by atoms with E-state index in [1.807, 2.05) is 17.0 Å². The third-order valence-corrected chi connectivity index (χ3v) is 5.81. The van der Waals surface area contributed by atoms with E-state index in [9.17, 15) is 9.18 Å². The first-order valence-electron chi connectivity index (χ1n) is 9.18. The van der Waals surface area contributed by atoms with Crippen molar-refractivity contribution in [1.29, 1.82) is 0 Å². The Bertz CT molecular complexity index is 783. The molecule has 0 radical (unpaired) electrons. The third-order valence-electron chi connectivity index (χ3n) is 5.81. The van der Waals surface area contributed by atoms with Crippen LogP contribution in [0.5, 0.6) is 0 Å². The molecule has 2 fully saturated rings. The molecule has 5 heteroatoms. The highest BCUT2D eigenvalue weighted by molar-refractivity contribution is 5.94. The molecule has 1 aliphatic carbocycles. The van der Waals surface area contributed by atoms with E-state index in [1.165, 1.54) is 18.6 Å². The van der Waals surface area contributed by atoms with Crippen molar-refractivity contribution in [1.82, 2.24) is 9.88 Å².